The number of aldehydes is 1. The number of aliphatic carboxylic acids is 1. The highest BCUT2D eigenvalue weighted by Crippen LogP contribution is 2.82. The van der Waals surface area contributed by atoms with E-state index in [0.29, 0.717) is 32.5 Å². The number of carboxylic acid groups (broad SMARTS) is 1. The molecule has 174 valence electrons. The zero-order valence-electron chi connectivity index (χ0n) is 19.5. The second-order valence-electron chi connectivity index (χ2n) is 11.2. The van der Waals surface area contributed by atoms with Crippen LogP contribution in [0.5, 0.6) is 0 Å². The first-order valence-electron chi connectivity index (χ1n) is 12.4. The lowest BCUT2D eigenvalue weighted by Crippen LogP contribution is -2.63. The topological polar surface area (TPSA) is 63.6 Å². The summed E-state index contributed by atoms with van der Waals surface area (Å²) in [6.45, 7) is 9.14. The number of fused-ring (bicyclic) bond motifs is 2. The molecule has 0 radical (unpaired) electrons. The van der Waals surface area contributed by atoms with E-state index in [1.807, 2.05) is 20.8 Å². The molecule has 3 fully saturated rings. The van der Waals surface area contributed by atoms with Gasteiger partial charge in [0.25, 0.3) is 0 Å². The number of alkyl halides is 1. The van der Waals surface area contributed by atoms with Gasteiger partial charge in [0.2, 0.25) is 0 Å². The predicted molar refractivity (Wildman–Crippen MR) is 117 cm³/mol. The van der Waals surface area contributed by atoms with Crippen LogP contribution in [0, 0.1) is 45.8 Å². The highest BCUT2D eigenvalue weighted by Gasteiger charge is 2.84. The van der Waals surface area contributed by atoms with Gasteiger partial charge in [-0.1, -0.05) is 58.6 Å². The Kier molecular flexibility index (Phi) is 5.90. The summed E-state index contributed by atoms with van der Waals surface area (Å²) in [6.07, 6.45) is 8.02. The number of allylic oxidation sites excluding steroid dienone is 1. The van der Waals surface area contributed by atoms with Gasteiger partial charge in [-0.2, -0.15) is 0 Å². The van der Waals surface area contributed by atoms with Crippen molar-refractivity contribution >= 4 is 12.3 Å². The van der Waals surface area contributed by atoms with Crippen molar-refractivity contribution in [2.75, 3.05) is 13.2 Å². The molecule has 3 unspecified atom stereocenters. The van der Waals surface area contributed by atoms with Crippen LogP contribution in [0.4, 0.5) is 4.39 Å². The lowest BCUT2D eigenvalue weighted by Gasteiger charge is -2.58. The average molecular weight is 435 g/mol. The van der Waals surface area contributed by atoms with Gasteiger partial charge in [0, 0.05) is 12.0 Å². The molecule has 4 bridgehead atoms. The monoisotopic (exact) mass is 434 g/mol. The highest BCUT2D eigenvalue weighted by molar-refractivity contribution is 5.90. The maximum atomic E-state index is 14.9. The second kappa shape index (κ2) is 7.97. The Hall–Kier alpha value is -1.23. The van der Waals surface area contributed by atoms with E-state index in [4.69, 9.17) is 4.74 Å². The van der Waals surface area contributed by atoms with Gasteiger partial charge in [0.1, 0.15) is 17.9 Å². The molecule has 8 atom stereocenters. The minimum absolute atomic E-state index is 0.0118. The molecule has 5 heteroatoms. The van der Waals surface area contributed by atoms with Crippen molar-refractivity contribution in [3.05, 3.63) is 11.6 Å². The summed E-state index contributed by atoms with van der Waals surface area (Å²) in [5, 5.41) is 10.9. The van der Waals surface area contributed by atoms with Crippen molar-refractivity contribution in [2.45, 2.75) is 78.8 Å². The number of ether oxygens (including phenoxy) is 1. The number of unbranched alkanes of at least 4 members (excludes halogenated alkanes) is 3. The fraction of sp³-hybridized carbons (Fsp3) is 0.846. The second-order valence-corrected chi connectivity index (χ2v) is 11.2. The first-order chi connectivity index (χ1) is 14.7. The minimum atomic E-state index is -1.27. The molecule has 0 saturated heterocycles. The molecule has 31 heavy (non-hydrogen) atoms. The third kappa shape index (κ3) is 2.74. The van der Waals surface area contributed by atoms with E-state index in [1.54, 1.807) is 0 Å². The van der Waals surface area contributed by atoms with Crippen molar-refractivity contribution < 1.29 is 23.8 Å². The lowest BCUT2D eigenvalue weighted by molar-refractivity contribution is -0.186. The summed E-state index contributed by atoms with van der Waals surface area (Å²) >= 11 is 0. The third-order valence-corrected chi connectivity index (χ3v) is 9.68. The van der Waals surface area contributed by atoms with Gasteiger partial charge in [-0.25, -0.2) is 4.39 Å². The van der Waals surface area contributed by atoms with E-state index in [9.17, 15) is 19.1 Å². The van der Waals surface area contributed by atoms with E-state index in [2.05, 4.69) is 13.0 Å². The van der Waals surface area contributed by atoms with Gasteiger partial charge in [-0.3, -0.25) is 4.79 Å². The summed E-state index contributed by atoms with van der Waals surface area (Å²) < 4.78 is 21.1. The zero-order chi connectivity index (χ0) is 22.6. The van der Waals surface area contributed by atoms with E-state index in [-0.39, 0.29) is 29.6 Å². The Morgan fingerprint density at radius 2 is 2.06 bits per heavy atom. The molecule has 0 aliphatic heterocycles. The van der Waals surface area contributed by atoms with Crippen LogP contribution in [0.25, 0.3) is 0 Å². The molecule has 0 heterocycles. The number of carbonyl (C=O) groups excluding carboxylic acids is 1. The molecule has 0 aromatic heterocycles. The third-order valence-electron chi connectivity index (χ3n) is 9.68. The standard InChI is InChI=1S/C26H39FO4/c1-5-6-7-8-9-31-15-25-13-19-17(4)22(27)11-21(19)24(14-28)12-18(25)10-20(16(2)3)26(24,25)23(29)30/h10,14,16-19,21-22H,5-9,11-13,15H2,1-4H3,(H,29,30)/t17-,18?,19+,21+,22+,24?,25?,26-/m0/s1. The molecule has 0 aromatic carbocycles. The molecule has 0 aromatic rings. The molecule has 4 aliphatic carbocycles. The number of carbonyl (C=O) groups is 2. The Balaban J connectivity index is 1.77. The van der Waals surface area contributed by atoms with Gasteiger partial charge in [0.05, 0.1) is 12.0 Å². The predicted octanol–water partition coefficient (Wildman–Crippen LogP) is 5.46. The van der Waals surface area contributed by atoms with E-state index in [1.165, 1.54) is 6.42 Å². The maximum Gasteiger partial charge on any atom is 0.315 e. The quantitative estimate of drug-likeness (QED) is 0.282. The molecule has 4 nitrogen and oxygen atoms in total. The summed E-state index contributed by atoms with van der Waals surface area (Å²) in [5.74, 6) is -1.15. The van der Waals surface area contributed by atoms with Crippen molar-refractivity contribution in [3.8, 4) is 0 Å². The molecule has 4 rings (SSSR count). The van der Waals surface area contributed by atoms with Crippen LogP contribution in [-0.2, 0) is 14.3 Å². The fourth-order valence-corrected chi connectivity index (χ4v) is 8.46. The van der Waals surface area contributed by atoms with Gasteiger partial charge in [0.15, 0.2) is 0 Å². The zero-order valence-corrected chi connectivity index (χ0v) is 19.5. The minimum Gasteiger partial charge on any atom is -0.481 e. The number of hydrogen-bond donors (Lipinski definition) is 1. The largest absolute Gasteiger partial charge is 0.481 e. The molecule has 0 amide bonds. The molecule has 4 aliphatic rings. The number of hydrogen-bond acceptors (Lipinski definition) is 3. The van der Waals surface area contributed by atoms with Crippen molar-refractivity contribution in [1.29, 1.82) is 0 Å². The van der Waals surface area contributed by atoms with Crippen LogP contribution >= 0.6 is 0 Å². The fourth-order valence-electron chi connectivity index (χ4n) is 8.46. The molecule has 3 saturated carbocycles. The van der Waals surface area contributed by atoms with Gasteiger partial charge in [-0.15, -0.1) is 0 Å². The van der Waals surface area contributed by atoms with Gasteiger partial charge < -0.3 is 14.6 Å². The molecular weight excluding hydrogens is 395 g/mol. The smallest absolute Gasteiger partial charge is 0.315 e. The summed E-state index contributed by atoms with van der Waals surface area (Å²) in [7, 11) is 0. The van der Waals surface area contributed by atoms with E-state index < -0.39 is 28.4 Å². The number of halogens is 1. The molecule has 1 N–H and O–H groups in total. The average Bonchev–Trinajstić information content (AvgIpc) is 3.25. The van der Waals surface area contributed by atoms with Crippen LogP contribution in [0.1, 0.15) is 72.6 Å². The summed E-state index contributed by atoms with van der Waals surface area (Å²) in [6, 6.07) is 0. The first-order valence-corrected chi connectivity index (χ1v) is 12.4. The summed E-state index contributed by atoms with van der Waals surface area (Å²) in [5.41, 5.74) is -2.06. The summed E-state index contributed by atoms with van der Waals surface area (Å²) in [4.78, 5) is 26.2. The maximum absolute atomic E-state index is 14.9. The Labute approximate surface area is 186 Å². The Morgan fingerprint density at radius 3 is 2.68 bits per heavy atom. The normalized spacial score (nSPS) is 45.1. The van der Waals surface area contributed by atoms with Gasteiger partial charge >= 0.3 is 5.97 Å². The SMILES string of the molecule is CCCCCCOCC12C[C@@H]3[C@H](C)[C@H](F)C[C@H]3C3(C=O)CC1C=C(C(C)C)[C@@]23C(=O)O. The lowest BCUT2D eigenvalue weighted by atomic mass is 9.43. The first kappa shape index (κ1) is 22.9. The number of rotatable bonds is 10. The van der Waals surface area contributed by atoms with Crippen molar-refractivity contribution in [2.24, 2.45) is 45.8 Å². The Morgan fingerprint density at radius 1 is 1.32 bits per heavy atom. The van der Waals surface area contributed by atoms with Crippen LogP contribution in [0.15, 0.2) is 11.6 Å². The van der Waals surface area contributed by atoms with Crippen LogP contribution in [0.3, 0.4) is 0 Å². The molecule has 0 spiro atoms. The molecular formula is C26H39FO4. The van der Waals surface area contributed by atoms with E-state index >= 15 is 0 Å². The number of carboxylic acids is 1. The van der Waals surface area contributed by atoms with Crippen LogP contribution in [0.2, 0.25) is 0 Å². The van der Waals surface area contributed by atoms with Gasteiger partial charge in [-0.05, 0) is 55.3 Å². The van der Waals surface area contributed by atoms with Crippen LogP contribution < -0.4 is 0 Å². The van der Waals surface area contributed by atoms with Crippen molar-refractivity contribution in [1.82, 2.24) is 0 Å². The Bertz CT molecular complexity index is 763. The van der Waals surface area contributed by atoms with Crippen molar-refractivity contribution in [3.63, 3.8) is 0 Å². The highest BCUT2D eigenvalue weighted by atomic mass is 19.1. The van der Waals surface area contributed by atoms with E-state index in [0.717, 1.165) is 31.1 Å². The van der Waals surface area contributed by atoms with Crippen LogP contribution in [-0.4, -0.2) is 36.7 Å².